The van der Waals surface area contributed by atoms with Gasteiger partial charge in [0.2, 0.25) is 5.91 Å². The Morgan fingerprint density at radius 2 is 2.00 bits per heavy atom. The second-order valence-electron chi connectivity index (χ2n) is 5.97. The van der Waals surface area contributed by atoms with Crippen molar-refractivity contribution in [2.24, 2.45) is 11.7 Å². The molecule has 0 aromatic heterocycles. The summed E-state index contributed by atoms with van der Waals surface area (Å²) < 4.78 is 0. The van der Waals surface area contributed by atoms with Gasteiger partial charge in [0.25, 0.3) is 0 Å². The first-order valence-corrected chi connectivity index (χ1v) is 7.73. The number of carbonyl (C=O) groups excluding carboxylic acids is 2. The molecule has 1 aliphatic rings. The molecule has 2 rings (SSSR count). The van der Waals surface area contributed by atoms with Crippen molar-refractivity contribution >= 4 is 17.4 Å². The normalized spacial score (nSPS) is 17.2. The van der Waals surface area contributed by atoms with E-state index in [2.05, 4.69) is 5.32 Å². The highest BCUT2D eigenvalue weighted by Gasteiger charge is 2.21. The molecule has 0 radical (unpaired) electrons. The van der Waals surface area contributed by atoms with E-state index >= 15 is 0 Å². The fourth-order valence-electron chi connectivity index (χ4n) is 2.94. The van der Waals surface area contributed by atoms with Gasteiger partial charge in [-0.3, -0.25) is 9.59 Å². The summed E-state index contributed by atoms with van der Waals surface area (Å²) in [6.07, 6.45) is 6.91. The van der Waals surface area contributed by atoms with Crippen LogP contribution in [0, 0.1) is 5.92 Å². The van der Waals surface area contributed by atoms with Crippen molar-refractivity contribution in [2.75, 3.05) is 5.32 Å². The lowest BCUT2D eigenvalue weighted by molar-refractivity contribution is -0.117. The molecule has 1 aromatic rings. The molecule has 0 bridgehead atoms. The summed E-state index contributed by atoms with van der Waals surface area (Å²) in [5, 5.41) is 2.81. The molecule has 0 heterocycles. The maximum absolute atomic E-state index is 12.1. The summed E-state index contributed by atoms with van der Waals surface area (Å²) in [6.45, 7) is 1.51. The number of ketones is 1. The summed E-state index contributed by atoms with van der Waals surface area (Å²) >= 11 is 0. The molecule has 114 valence electrons. The molecule has 1 saturated carbocycles. The second kappa shape index (κ2) is 7.36. The van der Waals surface area contributed by atoms with E-state index in [9.17, 15) is 9.59 Å². The third kappa shape index (κ3) is 4.67. The van der Waals surface area contributed by atoms with Gasteiger partial charge < -0.3 is 11.1 Å². The van der Waals surface area contributed by atoms with Crippen molar-refractivity contribution in [3.8, 4) is 0 Å². The number of nitrogens with two attached hydrogens (primary N) is 1. The van der Waals surface area contributed by atoms with E-state index in [0.29, 0.717) is 17.2 Å². The van der Waals surface area contributed by atoms with Gasteiger partial charge in [-0.25, -0.2) is 0 Å². The van der Waals surface area contributed by atoms with Crippen molar-refractivity contribution in [2.45, 2.75) is 51.5 Å². The average molecular weight is 288 g/mol. The summed E-state index contributed by atoms with van der Waals surface area (Å²) in [6, 6.07) is 6.48. The summed E-state index contributed by atoms with van der Waals surface area (Å²) in [5.41, 5.74) is 7.24. The lowest BCUT2D eigenvalue weighted by Gasteiger charge is -2.24. The molecule has 0 spiro atoms. The van der Waals surface area contributed by atoms with E-state index in [1.807, 2.05) is 0 Å². The van der Waals surface area contributed by atoms with Crippen LogP contribution in [0.15, 0.2) is 24.3 Å². The SMILES string of the molecule is CC(=O)c1cccc(NC(=O)C(N)CC2CCCCC2)c1. The van der Waals surface area contributed by atoms with Gasteiger partial charge >= 0.3 is 0 Å². The standard InChI is InChI=1S/C17H24N2O2/c1-12(20)14-8-5-9-15(11-14)19-17(21)16(18)10-13-6-3-2-4-7-13/h5,8-9,11,13,16H,2-4,6-7,10,18H2,1H3,(H,19,21). The van der Waals surface area contributed by atoms with Crippen molar-refractivity contribution in [3.05, 3.63) is 29.8 Å². The van der Waals surface area contributed by atoms with Crippen LogP contribution in [0.1, 0.15) is 55.8 Å². The minimum Gasteiger partial charge on any atom is -0.325 e. The molecule has 1 aliphatic carbocycles. The Balaban J connectivity index is 1.90. The third-order valence-electron chi connectivity index (χ3n) is 4.19. The molecule has 1 fully saturated rings. The predicted molar refractivity (Wildman–Crippen MR) is 84.2 cm³/mol. The van der Waals surface area contributed by atoms with Gasteiger partial charge in [0.15, 0.2) is 5.78 Å². The Labute approximate surface area is 126 Å². The smallest absolute Gasteiger partial charge is 0.241 e. The lowest BCUT2D eigenvalue weighted by Crippen LogP contribution is -2.37. The van der Waals surface area contributed by atoms with E-state index in [1.165, 1.54) is 39.0 Å². The van der Waals surface area contributed by atoms with E-state index in [4.69, 9.17) is 5.73 Å². The molecule has 0 saturated heterocycles. The quantitative estimate of drug-likeness (QED) is 0.818. The van der Waals surface area contributed by atoms with Gasteiger partial charge in [0, 0.05) is 11.3 Å². The van der Waals surface area contributed by atoms with Gasteiger partial charge in [-0.2, -0.15) is 0 Å². The predicted octanol–water partition coefficient (Wildman–Crippen LogP) is 3.13. The molecule has 4 heteroatoms. The topological polar surface area (TPSA) is 72.2 Å². The zero-order valence-corrected chi connectivity index (χ0v) is 12.6. The van der Waals surface area contributed by atoms with Gasteiger partial charge in [0.1, 0.15) is 0 Å². The zero-order chi connectivity index (χ0) is 15.2. The maximum Gasteiger partial charge on any atom is 0.241 e. The summed E-state index contributed by atoms with van der Waals surface area (Å²) in [5.74, 6) is 0.391. The molecule has 4 nitrogen and oxygen atoms in total. The van der Waals surface area contributed by atoms with Gasteiger partial charge in [-0.1, -0.05) is 44.2 Å². The number of nitrogens with one attached hydrogen (secondary N) is 1. The fourth-order valence-corrected chi connectivity index (χ4v) is 2.94. The van der Waals surface area contributed by atoms with Crippen molar-refractivity contribution in [1.82, 2.24) is 0 Å². The molecule has 1 aromatic carbocycles. The van der Waals surface area contributed by atoms with E-state index in [0.717, 1.165) is 6.42 Å². The van der Waals surface area contributed by atoms with Crippen LogP contribution >= 0.6 is 0 Å². The summed E-state index contributed by atoms with van der Waals surface area (Å²) in [4.78, 5) is 23.5. The third-order valence-corrected chi connectivity index (χ3v) is 4.19. The van der Waals surface area contributed by atoms with E-state index in [1.54, 1.807) is 24.3 Å². The van der Waals surface area contributed by atoms with Crippen LogP contribution < -0.4 is 11.1 Å². The Bertz CT molecular complexity index is 507. The van der Waals surface area contributed by atoms with Crippen molar-refractivity contribution < 1.29 is 9.59 Å². The van der Waals surface area contributed by atoms with Crippen LogP contribution in [0.25, 0.3) is 0 Å². The Kier molecular flexibility index (Phi) is 5.51. The number of benzene rings is 1. The lowest BCUT2D eigenvalue weighted by atomic mass is 9.85. The van der Waals surface area contributed by atoms with Gasteiger partial charge in [0.05, 0.1) is 6.04 Å². The monoisotopic (exact) mass is 288 g/mol. The minimum atomic E-state index is -0.478. The van der Waals surface area contributed by atoms with Crippen molar-refractivity contribution in [3.63, 3.8) is 0 Å². The van der Waals surface area contributed by atoms with Crippen LogP contribution in [0.2, 0.25) is 0 Å². The Morgan fingerprint density at radius 1 is 1.29 bits per heavy atom. The van der Waals surface area contributed by atoms with E-state index < -0.39 is 6.04 Å². The maximum atomic E-state index is 12.1. The minimum absolute atomic E-state index is 0.0161. The fraction of sp³-hybridized carbons (Fsp3) is 0.529. The zero-order valence-electron chi connectivity index (χ0n) is 12.6. The average Bonchev–Trinajstić information content (AvgIpc) is 2.48. The molecule has 1 atom stereocenters. The first-order chi connectivity index (χ1) is 10.1. The molecule has 0 aliphatic heterocycles. The molecule has 1 amide bonds. The highest BCUT2D eigenvalue weighted by Crippen LogP contribution is 2.27. The highest BCUT2D eigenvalue weighted by molar-refractivity contribution is 5.98. The molecular formula is C17H24N2O2. The van der Waals surface area contributed by atoms with Gasteiger partial charge in [-0.05, 0) is 31.4 Å². The number of hydrogen-bond donors (Lipinski definition) is 2. The van der Waals surface area contributed by atoms with Crippen LogP contribution in [0.5, 0.6) is 0 Å². The Morgan fingerprint density at radius 3 is 2.67 bits per heavy atom. The first-order valence-electron chi connectivity index (χ1n) is 7.73. The largest absolute Gasteiger partial charge is 0.325 e. The summed E-state index contributed by atoms with van der Waals surface area (Å²) in [7, 11) is 0. The van der Waals surface area contributed by atoms with Gasteiger partial charge in [-0.15, -0.1) is 0 Å². The number of rotatable bonds is 5. The molecule has 21 heavy (non-hydrogen) atoms. The molecule has 1 unspecified atom stereocenters. The van der Waals surface area contributed by atoms with Crippen LogP contribution in [-0.2, 0) is 4.79 Å². The molecular weight excluding hydrogens is 264 g/mol. The van der Waals surface area contributed by atoms with Crippen molar-refractivity contribution in [1.29, 1.82) is 0 Å². The number of anilines is 1. The van der Waals surface area contributed by atoms with E-state index in [-0.39, 0.29) is 11.7 Å². The van der Waals surface area contributed by atoms with Crippen LogP contribution in [0.4, 0.5) is 5.69 Å². The number of Topliss-reactive ketones (excluding diaryl/α,β-unsaturated/α-hetero) is 1. The molecule has 3 N–H and O–H groups in total. The number of amides is 1. The second-order valence-corrected chi connectivity index (χ2v) is 5.97. The first kappa shape index (κ1) is 15.7. The van der Waals surface area contributed by atoms with Crippen LogP contribution in [-0.4, -0.2) is 17.7 Å². The number of carbonyl (C=O) groups is 2. The van der Waals surface area contributed by atoms with Crippen LogP contribution in [0.3, 0.4) is 0 Å². The highest BCUT2D eigenvalue weighted by atomic mass is 16.2. The Hall–Kier alpha value is -1.68. The number of hydrogen-bond acceptors (Lipinski definition) is 3.